The molecule has 0 spiro atoms. The zero-order chi connectivity index (χ0) is 14.6. The molecule has 0 amide bonds. The van der Waals surface area contributed by atoms with Crippen molar-refractivity contribution in [2.24, 2.45) is 5.41 Å². The van der Waals surface area contributed by atoms with Crippen LogP contribution in [0.2, 0.25) is 0 Å². The molecule has 0 N–H and O–H groups in total. The highest BCUT2D eigenvalue weighted by molar-refractivity contribution is 5.70. The molecule has 0 saturated carbocycles. The van der Waals surface area contributed by atoms with E-state index in [1.807, 2.05) is 0 Å². The number of rotatable bonds is 12. The SMILES string of the molecule is CCCCCCCCOC(=O)CC(C)(C)CCOC. The normalized spacial score (nSPS) is 11.6. The van der Waals surface area contributed by atoms with Gasteiger partial charge >= 0.3 is 5.97 Å². The average Bonchev–Trinajstić information content (AvgIpc) is 2.35. The van der Waals surface area contributed by atoms with Crippen LogP contribution in [0.15, 0.2) is 0 Å². The third-order valence-corrected chi connectivity index (χ3v) is 3.37. The van der Waals surface area contributed by atoms with Crippen LogP contribution in [0.3, 0.4) is 0 Å². The Morgan fingerprint density at radius 3 is 2.26 bits per heavy atom. The van der Waals surface area contributed by atoms with Crippen LogP contribution in [0.25, 0.3) is 0 Å². The predicted molar refractivity (Wildman–Crippen MR) is 79.2 cm³/mol. The minimum atomic E-state index is -0.0744. The van der Waals surface area contributed by atoms with Gasteiger partial charge in [-0.2, -0.15) is 0 Å². The summed E-state index contributed by atoms with van der Waals surface area (Å²) in [5.41, 5.74) is -0.0335. The second-order valence-corrected chi connectivity index (χ2v) is 6.07. The molecule has 0 aliphatic heterocycles. The Hall–Kier alpha value is -0.570. The van der Waals surface area contributed by atoms with E-state index < -0.39 is 0 Å². The smallest absolute Gasteiger partial charge is 0.306 e. The van der Waals surface area contributed by atoms with E-state index in [4.69, 9.17) is 9.47 Å². The van der Waals surface area contributed by atoms with Crippen LogP contribution in [-0.4, -0.2) is 26.3 Å². The summed E-state index contributed by atoms with van der Waals surface area (Å²) in [6.07, 6.45) is 8.66. The quantitative estimate of drug-likeness (QED) is 0.391. The van der Waals surface area contributed by atoms with Crippen LogP contribution in [0.4, 0.5) is 0 Å². The Morgan fingerprint density at radius 2 is 1.63 bits per heavy atom. The first-order chi connectivity index (χ1) is 9.02. The Kier molecular flexibility index (Phi) is 10.9. The minimum Gasteiger partial charge on any atom is -0.466 e. The minimum absolute atomic E-state index is 0.0335. The molecular formula is C16H32O3. The largest absolute Gasteiger partial charge is 0.466 e. The maximum atomic E-state index is 11.7. The van der Waals surface area contributed by atoms with Gasteiger partial charge in [0.05, 0.1) is 13.0 Å². The lowest BCUT2D eigenvalue weighted by atomic mass is 9.86. The number of unbranched alkanes of at least 4 members (excludes halogenated alkanes) is 5. The summed E-state index contributed by atoms with van der Waals surface area (Å²) in [5, 5.41) is 0. The van der Waals surface area contributed by atoms with Crippen molar-refractivity contribution in [2.45, 2.75) is 72.1 Å². The number of hydrogen-bond donors (Lipinski definition) is 0. The third kappa shape index (κ3) is 12.2. The number of carbonyl (C=O) groups excluding carboxylic acids is 1. The van der Waals surface area contributed by atoms with Crippen molar-refractivity contribution in [1.82, 2.24) is 0 Å². The van der Waals surface area contributed by atoms with Crippen molar-refractivity contribution in [2.75, 3.05) is 20.3 Å². The average molecular weight is 272 g/mol. The molecule has 0 aliphatic rings. The highest BCUT2D eigenvalue weighted by atomic mass is 16.5. The molecule has 0 fully saturated rings. The van der Waals surface area contributed by atoms with Gasteiger partial charge in [-0.15, -0.1) is 0 Å². The van der Waals surface area contributed by atoms with Gasteiger partial charge in [0.25, 0.3) is 0 Å². The van der Waals surface area contributed by atoms with Gasteiger partial charge in [-0.05, 0) is 18.3 Å². The van der Waals surface area contributed by atoms with Crippen LogP contribution in [-0.2, 0) is 14.3 Å². The number of carbonyl (C=O) groups is 1. The maximum Gasteiger partial charge on any atom is 0.306 e. The molecule has 3 heteroatoms. The Bertz CT molecular complexity index is 224. The summed E-state index contributed by atoms with van der Waals surface area (Å²) in [6, 6.07) is 0. The molecule has 0 atom stereocenters. The van der Waals surface area contributed by atoms with Gasteiger partial charge < -0.3 is 9.47 Å². The number of esters is 1. The molecule has 19 heavy (non-hydrogen) atoms. The van der Waals surface area contributed by atoms with Crippen molar-refractivity contribution in [3.8, 4) is 0 Å². The molecule has 0 unspecified atom stereocenters. The fourth-order valence-electron chi connectivity index (χ4n) is 1.98. The Labute approximate surface area is 119 Å². The second kappa shape index (κ2) is 11.3. The van der Waals surface area contributed by atoms with Crippen LogP contribution in [0.5, 0.6) is 0 Å². The Morgan fingerprint density at radius 1 is 1.00 bits per heavy atom. The fourth-order valence-corrected chi connectivity index (χ4v) is 1.98. The van der Waals surface area contributed by atoms with E-state index in [-0.39, 0.29) is 11.4 Å². The van der Waals surface area contributed by atoms with E-state index in [0.717, 1.165) is 12.8 Å². The fraction of sp³-hybridized carbons (Fsp3) is 0.938. The highest BCUT2D eigenvalue weighted by Crippen LogP contribution is 2.25. The molecule has 0 heterocycles. The van der Waals surface area contributed by atoms with Gasteiger partial charge in [-0.25, -0.2) is 0 Å². The van der Waals surface area contributed by atoms with Crippen LogP contribution in [0.1, 0.15) is 72.1 Å². The first-order valence-corrected chi connectivity index (χ1v) is 7.66. The van der Waals surface area contributed by atoms with E-state index in [0.29, 0.717) is 19.6 Å². The van der Waals surface area contributed by atoms with Crippen LogP contribution >= 0.6 is 0 Å². The predicted octanol–water partition coefficient (Wildman–Crippen LogP) is 4.34. The lowest BCUT2D eigenvalue weighted by molar-refractivity contribution is -0.146. The standard InChI is InChI=1S/C16H32O3/c1-5-6-7-8-9-10-12-19-15(17)14-16(2,3)11-13-18-4/h5-14H2,1-4H3. The van der Waals surface area contributed by atoms with E-state index in [9.17, 15) is 4.79 Å². The van der Waals surface area contributed by atoms with Crippen molar-refractivity contribution >= 4 is 5.97 Å². The zero-order valence-corrected chi connectivity index (χ0v) is 13.3. The second-order valence-electron chi connectivity index (χ2n) is 6.07. The Balaban J connectivity index is 3.53. The number of methoxy groups -OCH3 is 1. The molecule has 0 bridgehead atoms. The van der Waals surface area contributed by atoms with Crippen LogP contribution in [0, 0.1) is 5.41 Å². The molecule has 0 radical (unpaired) electrons. The van der Waals surface area contributed by atoms with Gasteiger partial charge in [0.15, 0.2) is 0 Å². The summed E-state index contributed by atoms with van der Waals surface area (Å²) in [6.45, 7) is 7.65. The topological polar surface area (TPSA) is 35.5 Å². The summed E-state index contributed by atoms with van der Waals surface area (Å²) in [5.74, 6) is -0.0744. The maximum absolute atomic E-state index is 11.7. The number of ether oxygens (including phenoxy) is 2. The lowest BCUT2D eigenvalue weighted by Gasteiger charge is -2.22. The van der Waals surface area contributed by atoms with Crippen molar-refractivity contribution in [3.05, 3.63) is 0 Å². The molecule has 114 valence electrons. The van der Waals surface area contributed by atoms with Gasteiger partial charge in [-0.3, -0.25) is 4.79 Å². The van der Waals surface area contributed by atoms with Crippen molar-refractivity contribution < 1.29 is 14.3 Å². The monoisotopic (exact) mass is 272 g/mol. The van der Waals surface area contributed by atoms with Gasteiger partial charge in [0, 0.05) is 13.7 Å². The van der Waals surface area contributed by atoms with Gasteiger partial charge in [0.1, 0.15) is 0 Å². The van der Waals surface area contributed by atoms with Gasteiger partial charge in [-0.1, -0.05) is 52.9 Å². The van der Waals surface area contributed by atoms with Crippen molar-refractivity contribution in [1.29, 1.82) is 0 Å². The summed E-state index contributed by atoms with van der Waals surface area (Å²) >= 11 is 0. The van der Waals surface area contributed by atoms with E-state index in [2.05, 4.69) is 20.8 Å². The first kappa shape index (κ1) is 18.4. The molecule has 0 rings (SSSR count). The first-order valence-electron chi connectivity index (χ1n) is 7.66. The third-order valence-electron chi connectivity index (χ3n) is 3.37. The molecule has 0 aromatic carbocycles. The molecular weight excluding hydrogens is 240 g/mol. The molecule has 0 aromatic rings. The zero-order valence-electron chi connectivity index (χ0n) is 13.3. The molecule has 0 saturated heterocycles. The summed E-state index contributed by atoms with van der Waals surface area (Å²) in [4.78, 5) is 11.7. The van der Waals surface area contributed by atoms with E-state index >= 15 is 0 Å². The highest BCUT2D eigenvalue weighted by Gasteiger charge is 2.22. The van der Waals surface area contributed by atoms with Crippen LogP contribution < -0.4 is 0 Å². The van der Waals surface area contributed by atoms with Crippen molar-refractivity contribution in [3.63, 3.8) is 0 Å². The van der Waals surface area contributed by atoms with E-state index in [1.165, 1.54) is 32.1 Å². The number of hydrogen-bond acceptors (Lipinski definition) is 3. The molecule has 0 aliphatic carbocycles. The summed E-state index contributed by atoms with van der Waals surface area (Å²) < 4.78 is 10.3. The van der Waals surface area contributed by atoms with E-state index in [1.54, 1.807) is 7.11 Å². The lowest BCUT2D eigenvalue weighted by Crippen LogP contribution is -2.21. The molecule has 0 aromatic heterocycles. The molecule has 3 nitrogen and oxygen atoms in total. The summed E-state index contributed by atoms with van der Waals surface area (Å²) in [7, 11) is 1.69. The van der Waals surface area contributed by atoms with Gasteiger partial charge in [0.2, 0.25) is 0 Å².